The molecule has 3 heterocycles. The Bertz CT molecular complexity index is 771. The van der Waals surface area contributed by atoms with Crippen LogP contribution in [0.15, 0.2) is 41.5 Å². The fraction of sp³-hybridized carbons (Fsp3) is 0.250. The van der Waals surface area contributed by atoms with Crippen LogP contribution in [0.5, 0.6) is 0 Å². The van der Waals surface area contributed by atoms with E-state index in [2.05, 4.69) is 10.4 Å². The van der Waals surface area contributed by atoms with Crippen LogP contribution in [-0.2, 0) is 9.59 Å². The summed E-state index contributed by atoms with van der Waals surface area (Å²) in [5.74, 6) is -3.06. The number of fused-ring (bicyclic) bond motifs is 3. The van der Waals surface area contributed by atoms with E-state index in [0.717, 1.165) is 0 Å². The number of allylic oxidation sites excluding steroid dienone is 1. The van der Waals surface area contributed by atoms with Crippen LogP contribution < -0.4 is 5.32 Å². The van der Waals surface area contributed by atoms with Gasteiger partial charge in [-0.2, -0.15) is 5.10 Å². The summed E-state index contributed by atoms with van der Waals surface area (Å²) >= 11 is 0. The molecule has 1 aromatic carbocycles. The highest BCUT2D eigenvalue weighted by Crippen LogP contribution is 2.42. The minimum absolute atomic E-state index is 0.285. The fourth-order valence-corrected chi connectivity index (χ4v) is 3.54. The number of Topliss-reactive ketones (excluding diaryl/α,β-unsaturated/α-hetero) is 1. The second kappa shape index (κ2) is 4.84. The molecule has 0 bridgehead atoms. The van der Waals surface area contributed by atoms with Crippen molar-refractivity contribution in [3.63, 3.8) is 0 Å². The van der Waals surface area contributed by atoms with E-state index < -0.39 is 35.6 Å². The van der Waals surface area contributed by atoms with Crippen LogP contribution in [0.4, 0.5) is 4.39 Å². The van der Waals surface area contributed by atoms with E-state index in [4.69, 9.17) is 0 Å². The quantitative estimate of drug-likeness (QED) is 0.637. The van der Waals surface area contributed by atoms with Gasteiger partial charge in [0.25, 0.3) is 0 Å². The van der Waals surface area contributed by atoms with Crippen molar-refractivity contribution in [2.24, 2.45) is 16.9 Å². The minimum atomic E-state index is -0.872. The Balaban J connectivity index is 1.76. The molecular weight excluding hydrogens is 301 g/mol. The lowest BCUT2D eigenvalue weighted by Crippen LogP contribution is -2.44. The Morgan fingerprint density at radius 1 is 1.13 bits per heavy atom. The van der Waals surface area contributed by atoms with Crippen molar-refractivity contribution in [1.29, 1.82) is 0 Å². The molecule has 2 amide bonds. The van der Waals surface area contributed by atoms with Gasteiger partial charge in [-0.15, -0.1) is 0 Å². The average Bonchev–Trinajstić information content (AvgIpc) is 3.03. The molecule has 116 valence electrons. The number of halogens is 1. The van der Waals surface area contributed by atoms with Gasteiger partial charge < -0.3 is 0 Å². The topological polar surface area (TPSA) is 78.8 Å². The molecule has 0 saturated carbocycles. The SMILES string of the molecule is O=C1NC(=O)C2C1C1C=CC=NN1C2C(=O)c1ccc(F)cc1. The maximum absolute atomic E-state index is 13.1. The molecular formula is C16H12FN3O3. The highest BCUT2D eigenvalue weighted by atomic mass is 19.1. The Kier molecular flexibility index (Phi) is 2.90. The van der Waals surface area contributed by atoms with E-state index in [0.29, 0.717) is 0 Å². The lowest BCUT2D eigenvalue weighted by Gasteiger charge is -2.28. The summed E-state index contributed by atoms with van der Waals surface area (Å²) in [5.41, 5.74) is 0.285. The van der Waals surface area contributed by atoms with Crippen LogP contribution in [0.25, 0.3) is 0 Å². The maximum Gasteiger partial charge on any atom is 0.233 e. The second-order valence-corrected chi connectivity index (χ2v) is 5.74. The highest BCUT2D eigenvalue weighted by molar-refractivity contribution is 6.11. The lowest BCUT2D eigenvalue weighted by atomic mass is 9.86. The predicted octanol–water partition coefficient (Wildman–Crippen LogP) is 0.506. The first-order valence-electron chi connectivity index (χ1n) is 7.21. The van der Waals surface area contributed by atoms with Crippen LogP contribution in [0.2, 0.25) is 0 Å². The van der Waals surface area contributed by atoms with E-state index >= 15 is 0 Å². The van der Waals surface area contributed by atoms with Gasteiger partial charge in [0.1, 0.15) is 11.9 Å². The number of hydrogen-bond acceptors (Lipinski definition) is 5. The average molecular weight is 313 g/mol. The first-order chi connectivity index (χ1) is 11.1. The molecule has 2 saturated heterocycles. The molecule has 1 N–H and O–H groups in total. The van der Waals surface area contributed by atoms with Gasteiger partial charge in [-0.3, -0.25) is 24.7 Å². The van der Waals surface area contributed by atoms with Crippen LogP contribution in [0.1, 0.15) is 10.4 Å². The molecule has 2 fully saturated rings. The number of benzene rings is 1. The molecule has 1 aromatic rings. The predicted molar refractivity (Wildman–Crippen MR) is 77.9 cm³/mol. The van der Waals surface area contributed by atoms with Crippen molar-refractivity contribution in [2.75, 3.05) is 0 Å². The monoisotopic (exact) mass is 313 g/mol. The molecule has 4 rings (SSSR count). The fourth-order valence-electron chi connectivity index (χ4n) is 3.54. The largest absolute Gasteiger partial charge is 0.296 e. The van der Waals surface area contributed by atoms with Crippen LogP contribution >= 0.6 is 0 Å². The summed E-state index contributed by atoms with van der Waals surface area (Å²) in [6.45, 7) is 0. The first-order valence-corrected chi connectivity index (χ1v) is 7.21. The molecule has 6 nitrogen and oxygen atoms in total. The molecule has 7 heteroatoms. The molecule has 3 aliphatic heterocycles. The van der Waals surface area contributed by atoms with Gasteiger partial charge in [0, 0.05) is 11.8 Å². The van der Waals surface area contributed by atoms with E-state index in [1.807, 2.05) is 0 Å². The van der Waals surface area contributed by atoms with E-state index in [1.165, 1.54) is 35.5 Å². The van der Waals surface area contributed by atoms with Gasteiger partial charge >= 0.3 is 0 Å². The van der Waals surface area contributed by atoms with Crippen molar-refractivity contribution in [3.05, 3.63) is 47.8 Å². The van der Waals surface area contributed by atoms with Crippen molar-refractivity contribution in [1.82, 2.24) is 10.3 Å². The van der Waals surface area contributed by atoms with Crippen molar-refractivity contribution < 1.29 is 18.8 Å². The number of imide groups is 1. The Hall–Kier alpha value is -2.83. The second-order valence-electron chi connectivity index (χ2n) is 5.74. The summed E-state index contributed by atoms with van der Waals surface area (Å²) in [6.07, 6.45) is 4.98. The van der Waals surface area contributed by atoms with Crippen molar-refractivity contribution >= 4 is 23.8 Å². The van der Waals surface area contributed by atoms with Crippen LogP contribution in [-0.4, -0.2) is 40.9 Å². The number of carbonyl (C=O) groups is 3. The number of nitrogens with one attached hydrogen (secondary N) is 1. The third-order valence-electron chi connectivity index (χ3n) is 4.53. The molecule has 4 unspecified atom stereocenters. The number of carbonyl (C=O) groups excluding carboxylic acids is 3. The molecule has 0 aliphatic carbocycles. The molecule has 0 radical (unpaired) electrons. The van der Waals surface area contributed by atoms with Gasteiger partial charge in [-0.05, 0) is 30.3 Å². The molecule has 3 aliphatic rings. The van der Waals surface area contributed by atoms with Gasteiger partial charge in [-0.25, -0.2) is 4.39 Å². The molecule has 0 spiro atoms. The zero-order valence-corrected chi connectivity index (χ0v) is 11.8. The van der Waals surface area contributed by atoms with E-state index in [1.54, 1.807) is 12.2 Å². The molecule has 0 aromatic heterocycles. The normalized spacial score (nSPS) is 31.1. The number of hydrogen-bond donors (Lipinski definition) is 1. The number of nitrogens with zero attached hydrogens (tertiary/aromatic N) is 2. The Labute approximate surface area is 130 Å². The molecule has 4 atom stereocenters. The standard InChI is InChI=1S/C16H12FN3O3/c17-9-5-3-8(4-6-9)14(21)13-12-11(15(22)19-16(12)23)10-2-1-7-18-20(10)13/h1-7,10-13H,(H,19,22,23). The van der Waals surface area contributed by atoms with Crippen molar-refractivity contribution in [3.8, 4) is 0 Å². The Morgan fingerprint density at radius 3 is 2.57 bits per heavy atom. The number of ketones is 1. The van der Waals surface area contributed by atoms with Gasteiger partial charge in [-0.1, -0.05) is 6.08 Å². The van der Waals surface area contributed by atoms with Crippen LogP contribution in [0, 0.1) is 17.7 Å². The number of hydrazone groups is 1. The van der Waals surface area contributed by atoms with E-state index in [-0.39, 0.29) is 17.3 Å². The molecule has 23 heavy (non-hydrogen) atoms. The van der Waals surface area contributed by atoms with Crippen molar-refractivity contribution in [2.45, 2.75) is 12.1 Å². The summed E-state index contributed by atoms with van der Waals surface area (Å²) in [7, 11) is 0. The third kappa shape index (κ3) is 1.93. The first kappa shape index (κ1) is 13.8. The third-order valence-corrected chi connectivity index (χ3v) is 4.53. The zero-order chi connectivity index (χ0) is 16.1. The summed E-state index contributed by atoms with van der Waals surface area (Å²) < 4.78 is 13.1. The Morgan fingerprint density at radius 2 is 1.83 bits per heavy atom. The van der Waals surface area contributed by atoms with Gasteiger partial charge in [0.15, 0.2) is 5.78 Å². The smallest absolute Gasteiger partial charge is 0.233 e. The summed E-state index contributed by atoms with van der Waals surface area (Å²) in [6, 6.07) is 3.83. The minimum Gasteiger partial charge on any atom is -0.296 e. The van der Waals surface area contributed by atoms with Gasteiger partial charge in [0.05, 0.1) is 17.9 Å². The van der Waals surface area contributed by atoms with E-state index in [9.17, 15) is 18.8 Å². The number of rotatable bonds is 2. The zero-order valence-electron chi connectivity index (χ0n) is 11.8. The maximum atomic E-state index is 13.1. The lowest BCUT2D eigenvalue weighted by molar-refractivity contribution is -0.127. The number of amides is 2. The van der Waals surface area contributed by atoms with Gasteiger partial charge in [0.2, 0.25) is 11.8 Å². The summed E-state index contributed by atoms with van der Waals surface area (Å²) in [4.78, 5) is 37.1. The highest BCUT2D eigenvalue weighted by Gasteiger charge is 2.61. The summed E-state index contributed by atoms with van der Waals surface area (Å²) in [5, 5.41) is 7.99. The van der Waals surface area contributed by atoms with Crippen LogP contribution in [0.3, 0.4) is 0 Å².